The molecular formula is C11H17BrN2. The molecule has 1 aromatic heterocycles. The second-order valence-electron chi connectivity index (χ2n) is 3.49. The number of hydrogen-bond donors (Lipinski definition) is 1. The first-order chi connectivity index (χ1) is 6.75. The molecule has 0 amide bonds. The van der Waals surface area contributed by atoms with Crippen molar-refractivity contribution in [1.82, 2.24) is 4.98 Å². The van der Waals surface area contributed by atoms with E-state index in [1.54, 1.807) is 6.20 Å². The summed E-state index contributed by atoms with van der Waals surface area (Å²) < 4.78 is 0.879. The smallest absolute Gasteiger partial charge is 0.110 e. The average Bonchev–Trinajstić information content (AvgIpc) is 2.18. The van der Waals surface area contributed by atoms with Crippen molar-refractivity contribution < 1.29 is 0 Å². The highest BCUT2D eigenvalue weighted by Gasteiger charge is 2.09. The lowest BCUT2D eigenvalue weighted by Crippen LogP contribution is -2.11. The van der Waals surface area contributed by atoms with E-state index in [2.05, 4.69) is 27.8 Å². The van der Waals surface area contributed by atoms with Gasteiger partial charge in [-0.3, -0.25) is 0 Å². The van der Waals surface area contributed by atoms with Crippen LogP contribution in [0.15, 0.2) is 22.9 Å². The van der Waals surface area contributed by atoms with E-state index in [1.165, 1.54) is 19.3 Å². The molecule has 0 spiro atoms. The van der Waals surface area contributed by atoms with Gasteiger partial charge in [-0.15, -0.1) is 0 Å². The lowest BCUT2D eigenvalue weighted by atomic mass is 10.0. The Balaban J connectivity index is 2.51. The van der Waals surface area contributed by atoms with Crippen molar-refractivity contribution in [2.45, 2.75) is 38.6 Å². The van der Waals surface area contributed by atoms with Gasteiger partial charge in [-0.2, -0.15) is 0 Å². The highest BCUT2D eigenvalue weighted by Crippen LogP contribution is 2.23. The summed E-state index contributed by atoms with van der Waals surface area (Å²) in [6.45, 7) is 2.20. The molecule has 1 heterocycles. The van der Waals surface area contributed by atoms with Gasteiger partial charge in [0.2, 0.25) is 0 Å². The zero-order chi connectivity index (χ0) is 10.4. The number of halogens is 1. The molecule has 0 saturated heterocycles. The van der Waals surface area contributed by atoms with Crippen LogP contribution in [0.1, 0.15) is 44.2 Å². The third-order valence-electron chi connectivity index (χ3n) is 2.31. The van der Waals surface area contributed by atoms with Crippen molar-refractivity contribution in [2.24, 2.45) is 5.73 Å². The largest absolute Gasteiger partial charge is 0.324 e. The van der Waals surface area contributed by atoms with Gasteiger partial charge in [-0.05, 0) is 28.4 Å². The first-order valence-electron chi connectivity index (χ1n) is 5.11. The Bertz CT molecular complexity index is 276. The van der Waals surface area contributed by atoms with Crippen molar-refractivity contribution >= 4 is 15.9 Å². The predicted molar refractivity (Wildman–Crippen MR) is 63.0 cm³/mol. The lowest BCUT2D eigenvalue weighted by molar-refractivity contribution is 0.578. The summed E-state index contributed by atoms with van der Waals surface area (Å²) >= 11 is 3.41. The Hall–Kier alpha value is -0.410. The van der Waals surface area contributed by atoms with Crippen LogP contribution in [0, 0.1) is 0 Å². The van der Waals surface area contributed by atoms with E-state index in [9.17, 15) is 0 Å². The molecule has 2 nitrogen and oxygen atoms in total. The lowest BCUT2D eigenvalue weighted by Gasteiger charge is -2.12. The number of unbranched alkanes of at least 4 members (excludes halogenated alkanes) is 2. The second kappa shape index (κ2) is 6.14. The van der Waals surface area contributed by atoms with Gasteiger partial charge >= 0.3 is 0 Å². The zero-order valence-electron chi connectivity index (χ0n) is 8.54. The Kier molecular flexibility index (Phi) is 5.12. The Morgan fingerprint density at radius 1 is 1.50 bits per heavy atom. The molecule has 0 aliphatic rings. The van der Waals surface area contributed by atoms with Gasteiger partial charge in [0, 0.05) is 17.8 Å². The molecule has 14 heavy (non-hydrogen) atoms. The molecule has 0 aliphatic heterocycles. The maximum absolute atomic E-state index is 6.07. The number of hydrogen-bond acceptors (Lipinski definition) is 2. The van der Waals surface area contributed by atoms with Gasteiger partial charge in [-0.1, -0.05) is 32.3 Å². The van der Waals surface area contributed by atoms with Gasteiger partial charge in [0.1, 0.15) is 4.60 Å². The number of nitrogens with zero attached hydrogens (tertiary/aromatic N) is 1. The third-order valence-corrected chi connectivity index (χ3v) is 2.97. The normalized spacial score (nSPS) is 12.8. The van der Waals surface area contributed by atoms with Crippen LogP contribution < -0.4 is 5.73 Å². The standard InChI is InChI=1S/C11H17BrN2/c1-2-3-4-7-10(13)9-6-5-8-14-11(9)12/h5-6,8,10H,2-4,7,13H2,1H3/t10-/m1/s1. The SMILES string of the molecule is CCCCC[C@@H](N)c1cccnc1Br. The van der Waals surface area contributed by atoms with Crippen LogP contribution in [0.4, 0.5) is 0 Å². The van der Waals surface area contributed by atoms with Gasteiger partial charge < -0.3 is 5.73 Å². The van der Waals surface area contributed by atoms with Gasteiger partial charge in [-0.25, -0.2) is 4.98 Å². The third kappa shape index (κ3) is 3.39. The van der Waals surface area contributed by atoms with E-state index >= 15 is 0 Å². The molecule has 0 fully saturated rings. The second-order valence-corrected chi connectivity index (χ2v) is 4.24. The van der Waals surface area contributed by atoms with E-state index in [-0.39, 0.29) is 6.04 Å². The van der Waals surface area contributed by atoms with Gasteiger partial charge in [0.15, 0.2) is 0 Å². The highest BCUT2D eigenvalue weighted by molar-refractivity contribution is 9.10. The molecule has 78 valence electrons. The monoisotopic (exact) mass is 256 g/mol. The van der Waals surface area contributed by atoms with Gasteiger partial charge in [0.25, 0.3) is 0 Å². The fourth-order valence-corrected chi connectivity index (χ4v) is 1.99. The summed E-state index contributed by atoms with van der Waals surface area (Å²) in [5, 5.41) is 0. The molecule has 1 aromatic rings. The fourth-order valence-electron chi connectivity index (χ4n) is 1.44. The van der Waals surface area contributed by atoms with Gasteiger partial charge in [0.05, 0.1) is 0 Å². The number of nitrogens with two attached hydrogens (primary N) is 1. The van der Waals surface area contributed by atoms with E-state index < -0.39 is 0 Å². The van der Waals surface area contributed by atoms with Crippen molar-refractivity contribution in [3.63, 3.8) is 0 Å². The molecule has 1 atom stereocenters. The number of rotatable bonds is 5. The summed E-state index contributed by atoms with van der Waals surface area (Å²) in [5.41, 5.74) is 7.18. The van der Waals surface area contributed by atoms with Crippen LogP contribution >= 0.6 is 15.9 Å². The summed E-state index contributed by atoms with van der Waals surface area (Å²) in [6, 6.07) is 4.08. The quantitative estimate of drug-likeness (QED) is 0.648. The molecule has 1 rings (SSSR count). The fraction of sp³-hybridized carbons (Fsp3) is 0.545. The van der Waals surface area contributed by atoms with Crippen LogP contribution in [0.3, 0.4) is 0 Å². The highest BCUT2D eigenvalue weighted by atomic mass is 79.9. The van der Waals surface area contributed by atoms with Crippen molar-refractivity contribution in [2.75, 3.05) is 0 Å². The minimum atomic E-state index is 0.115. The Labute approximate surface area is 94.0 Å². The minimum Gasteiger partial charge on any atom is -0.324 e. The van der Waals surface area contributed by atoms with E-state index in [0.29, 0.717) is 0 Å². The Morgan fingerprint density at radius 3 is 2.93 bits per heavy atom. The summed E-state index contributed by atoms with van der Waals surface area (Å²) in [6.07, 6.45) is 6.50. The molecule has 0 radical (unpaired) electrons. The molecule has 0 bridgehead atoms. The first-order valence-corrected chi connectivity index (χ1v) is 5.91. The molecule has 2 N–H and O–H groups in total. The molecule has 0 unspecified atom stereocenters. The van der Waals surface area contributed by atoms with Crippen molar-refractivity contribution in [3.05, 3.63) is 28.5 Å². The minimum absolute atomic E-state index is 0.115. The molecular weight excluding hydrogens is 240 g/mol. The van der Waals surface area contributed by atoms with Crippen molar-refractivity contribution in [3.8, 4) is 0 Å². The van der Waals surface area contributed by atoms with Crippen LogP contribution in [0.25, 0.3) is 0 Å². The summed E-state index contributed by atoms with van der Waals surface area (Å²) in [7, 11) is 0. The van der Waals surface area contributed by atoms with Crippen molar-refractivity contribution in [1.29, 1.82) is 0 Å². The average molecular weight is 257 g/mol. The van der Waals surface area contributed by atoms with Crippen LogP contribution in [0.5, 0.6) is 0 Å². The van der Waals surface area contributed by atoms with Crippen LogP contribution in [-0.2, 0) is 0 Å². The maximum Gasteiger partial charge on any atom is 0.110 e. The molecule has 3 heteroatoms. The summed E-state index contributed by atoms with van der Waals surface area (Å²) in [4.78, 5) is 4.17. The van der Waals surface area contributed by atoms with E-state index in [0.717, 1.165) is 16.6 Å². The zero-order valence-corrected chi connectivity index (χ0v) is 10.1. The van der Waals surface area contributed by atoms with E-state index in [4.69, 9.17) is 5.73 Å². The van der Waals surface area contributed by atoms with E-state index in [1.807, 2.05) is 12.1 Å². The topological polar surface area (TPSA) is 38.9 Å². The molecule has 0 aromatic carbocycles. The Morgan fingerprint density at radius 2 is 2.29 bits per heavy atom. The van der Waals surface area contributed by atoms with Crippen LogP contribution in [0.2, 0.25) is 0 Å². The number of pyridine rings is 1. The van der Waals surface area contributed by atoms with Crippen LogP contribution in [-0.4, -0.2) is 4.98 Å². The summed E-state index contributed by atoms with van der Waals surface area (Å²) in [5.74, 6) is 0. The predicted octanol–water partition coefficient (Wildman–Crippen LogP) is 3.42. The first kappa shape index (κ1) is 11.7. The molecule has 0 saturated carbocycles. The number of aromatic nitrogens is 1. The molecule has 0 aliphatic carbocycles. The maximum atomic E-state index is 6.07.